The molecule has 1 atom stereocenters. The number of hydrogen-bond acceptors (Lipinski definition) is 9. The summed E-state index contributed by atoms with van der Waals surface area (Å²) in [6.07, 6.45) is 3.01. The van der Waals surface area contributed by atoms with Gasteiger partial charge in [0.05, 0.1) is 0 Å². The molecule has 0 spiro atoms. The summed E-state index contributed by atoms with van der Waals surface area (Å²) in [5, 5.41) is 4.93. The second kappa shape index (κ2) is 12.6. The number of piperidine rings is 1. The second-order valence-electron chi connectivity index (χ2n) is 11.2. The summed E-state index contributed by atoms with van der Waals surface area (Å²) in [4.78, 5) is 84.7. The van der Waals surface area contributed by atoms with Crippen LogP contribution in [0.1, 0.15) is 58.6 Å². The molecule has 3 heterocycles. The lowest BCUT2D eigenvalue weighted by Crippen LogP contribution is -2.52. The zero-order chi connectivity index (χ0) is 31.5. The highest BCUT2D eigenvalue weighted by atomic mass is 16.5. The molecule has 0 radical (unpaired) electrons. The van der Waals surface area contributed by atoms with E-state index in [1.54, 1.807) is 30.3 Å². The molecule has 2 aliphatic heterocycles. The van der Waals surface area contributed by atoms with E-state index in [1.165, 1.54) is 17.3 Å². The van der Waals surface area contributed by atoms with Gasteiger partial charge in [-0.25, -0.2) is 14.8 Å². The Bertz CT molecular complexity index is 1700. The van der Waals surface area contributed by atoms with Crippen molar-refractivity contribution in [3.8, 4) is 0 Å². The first-order valence-electron chi connectivity index (χ1n) is 14.6. The van der Waals surface area contributed by atoms with Gasteiger partial charge in [0.25, 0.3) is 5.91 Å². The lowest BCUT2D eigenvalue weighted by molar-refractivity contribution is -0.137. The first-order chi connectivity index (χ1) is 21.8. The van der Waals surface area contributed by atoms with Gasteiger partial charge in [-0.15, -0.1) is 0 Å². The lowest BCUT2D eigenvalue weighted by Gasteiger charge is -2.29. The zero-order valence-corrected chi connectivity index (χ0v) is 24.1. The summed E-state index contributed by atoms with van der Waals surface area (Å²) in [6, 6.07) is 16.9. The molecule has 1 saturated heterocycles. The van der Waals surface area contributed by atoms with Gasteiger partial charge in [0.2, 0.25) is 11.8 Å². The fourth-order valence-corrected chi connectivity index (χ4v) is 5.85. The molecule has 1 aromatic heterocycles. The van der Waals surface area contributed by atoms with Gasteiger partial charge in [-0.05, 0) is 36.1 Å². The van der Waals surface area contributed by atoms with E-state index in [0.717, 1.165) is 5.56 Å². The Balaban J connectivity index is 1.02. The van der Waals surface area contributed by atoms with Crippen LogP contribution in [0.4, 0.5) is 16.3 Å². The molecule has 12 nitrogen and oxygen atoms in total. The van der Waals surface area contributed by atoms with Crippen LogP contribution in [0, 0.1) is 5.92 Å². The van der Waals surface area contributed by atoms with E-state index in [4.69, 9.17) is 4.74 Å². The highest BCUT2D eigenvalue weighted by Crippen LogP contribution is 2.33. The number of ketones is 2. The molecular formula is C33H29N5O7. The molecule has 1 aliphatic carbocycles. The third kappa shape index (κ3) is 6.40. The van der Waals surface area contributed by atoms with Crippen molar-refractivity contribution in [2.24, 2.45) is 10.9 Å². The maximum atomic E-state index is 13.0. The Kier molecular flexibility index (Phi) is 8.28. The van der Waals surface area contributed by atoms with Crippen molar-refractivity contribution in [1.29, 1.82) is 0 Å². The SMILES string of the molecule is O=C1CCC(N2Cc3c(NC(=O)OCc4ccc(N=CC5C(=O)CC(c6ccccc6)CC5=O)nc4)cccc3C2=O)C(=O)N1. The Morgan fingerprint density at radius 1 is 1.00 bits per heavy atom. The molecule has 2 fully saturated rings. The number of hydrogen-bond donors (Lipinski definition) is 2. The Morgan fingerprint density at radius 2 is 1.78 bits per heavy atom. The quantitative estimate of drug-likeness (QED) is 0.234. The maximum Gasteiger partial charge on any atom is 0.411 e. The Morgan fingerprint density at radius 3 is 2.49 bits per heavy atom. The summed E-state index contributed by atoms with van der Waals surface area (Å²) in [5.74, 6) is -2.29. The zero-order valence-electron chi connectivity index (χ0n) is 24.1. The summed E-state index contributed by atoms with van der Waals surface area (Å²) >= 11 is 0. The van der Waals surface area contributed by atoms with Crippen LogP contribution in [0.15, 0.2) is 71.9 Å². The van der Waals surface area contributed by atoms with Crippen molar-refractivity contribution in [2.45, 2.75) is 50.8 Å². The highest BCUT2D eigenvalue weighted by Gasteiger charge is 2.40. The number of pyridine rings is 1. The first-order valence-corrected chi connectivity index (χ1v) is 14.6. The molecule has 2 aromatic carbocycles. The van der Waals surface area contributed by atoms with Gasteiger partial charge in [-0.2, -0.15) is 0 Å². The minimum absolute atomic E-state index is 0.0976. The highest BCUT2D eigenvalue weighted by molar-refractivity contribution is 6.16. The van der Waals surface area contributed by atoms with Gasteiger partial charge in [0.1, 0.15) is 30.1 Å². The van der Waals surface area contributed by atoms with Crippen LogP contribution < -0.4 is 10.6 Å². The van der Waals surface area contributed by atoms with Crippen LogP contribution in [0.3, 0.4) is 0 Å². The normalized spacial score (nSPS) is 21.6. The third-order valence-electron chi connectivity index (χ3n) is 8.21. The molecule has 228 valence electrons. The van der Waals surface area contributed by atoms with E-state index in [2.05, 4.69) is 20.6 Å². The monoisotopic (exact) mass is 607 g/mol. The number of carbonyl (C=O) groups is 6. The van der Waals surface area contributed by atoms with E-state index >= 15 is 0 Å². The van der Waals surface area contributed by atoms with Crippen molar-refractivity contribution < 1.29 is 33.5 Å². The first kappa shape index (κ1) is 29.5. The van der Waals surface area contributed by atoms with Crippen LogP contribution in [0.2, 0.25) is 0 Å². The van der Waals surface area contributed by atoms with Gasteiger partial charge in [0.15, 0.2) is 5.82 Å². The van der Waals surface area contributed by atoms with Gasteiger partial charge in [0, 0.05) is 60.6 Å². The number of benzene rings is 2. The summed E-state index contributed by atoms with van der Waals surface area (Å²) in [6.45, 7) is 0.00804. The number of fused-ring (bicyclic) bond motifs is 1. The maximum absolute atomic E-state index is 13.0. The molecule has 2 N–H and O–H groups in total. The smallest absolute Gasteiger partial charge is 0.411 e. The van der Waals surface area contributed by atoms with Crippen LogP contribution in [-0.4, -0.2) is 57.5 Å². The predicted octanol–water partition coefficient (Wildman–Crippen LogP) is 3.63. The van der Waals surface area contributed by atoms with E-state index in [1.807, 2.05) is 30.3 Å². The van der Waals surface area contributed by atoms with Crippen molar-refractivity contribution in [2.75, 3.05) is 5.32 Å². The molecule has 6 rings (SSSR count). The minimum Gasteiger partial charge on any atom is -0.444 e. The van der Waals surface area contributed by atoms with Crippen LogP contribution in [-0.2, 0) is 37.1 Å². The van der Waals surface area contributed by atoms with Crippen LogP contribution in [0.25, 0.3) is 0 Å². The molecule has 45 heavy (non-hydrogen) atoms. The average molecular weight is 608 g/mol. The number of nitrogens with one attached hydrogen (secondary N) is 2. The van der Waals surface area contributed by atoms with Crippen molar-refractivity contribution in [1.82, 2.24) is 15.2 Å². The van der Waals surface area contributed by atoms with Crippen molar-refractivity contribution in [3.05, 3.63) is 89.1 Å². The summed E-state index contributed by atoms with van der Waals surface area (Å²) in [5.41, 5.74) is 2.86. The third-order valence-corrected chi connectivity index (χ3v) is 8.21. The Hall–Kier alpha value is -5.52. The molecule has 12 heteroatoms. The van der Waals surface area contributed by atoms with Gasteiger partial charge in [-0.1, -0.05) is 42.5 Å². The van der Waals surface area contributed by atoms with Gasteiger partial charge < -0.3 is 9.64 Å². The van der Waals surface area contributed by atoms with Crippen molar-refractivity contribution in [3.63, 3.8) is 0 Å². The molecular weight excluding hydrogens is 578 g/mol. The van der Waals surface area contributed by atoms with Gasteiger partial charge >= 0.3 is 6.09 Å². The van der Waals surface area contributed by atoms with E-state index in [9.17, 15) is 28.8 Å². The molecule has 0 bridgehead atoms. The molecule has 4 amide bonds. The Labute approximate surface area is 257 Å². The molecule has 3 aromatic rings. The number of imide groups is 1. The van der Waals surface area contributed by atoms with Crippen molar-refractivity contribution >= 4 is 53.1 Å². The van der Waals surface area contributed by atoms with E-state index in [0.29, 0.717) is 28.2 Å². The largest absolute Gasteiger partial charge is 0.444 e. The molecule has 1 saturated carbocycles. The number of aromatic nitrogens is 1. The minimum atomic E-state index is -0.899. The van der Waals surface area contributed by atoms with E-state index < -0.39 is 24.0 Å². The fraction of sp³-hybridized carbons (Fsp3) is 0.273. The average Bonchev–Trinajstić information content (AvgIpc) is 3.37. The number of carbonyl (C=O) groups excluding carboxylic acids is 6. The summed E-state index contributed by atoms with van der Waals surface area (Å²) < 4.78 is 5.34. The number of aliphatic imine (C=N–C) groups is 1. The van der Waals surface area contributed by atoms with E-state index in [-0.39, 0.29) is 68.1 Å². The van der Waals surface area contributed by atoms with Gasteiger partial charge in [-0.3, -0.25) is 34.6 Å². The fourth-order valence-electron chi connectivity index (χ4n) is 5.85. The summed E-state index contributed by atoms with van der Waals surface area (Å²) in [7, 11) is 0. The number of rotatable bonds is 7. The number of anilines is 1. The molecule has 3 aliphatic rings. The second-order valence-corrected chi connectivity index (χ2v) is 11.2. The number of Topliss-reactive ketones (excluding diaryl/α,β-unsaturated/α-hetero) is 2. The number of amides is 4. The topological polar surface area (TPSA) is 164 Å². The van der Waals surface area contributed by atoms with Crippen LogP contribution in [0.5, 0.6) is 0 Å². The number of ether oxygens (including phenoxy) is 1. The molecule has 1 unspecified atom stereocenters. The number of nitrogens with zero attached hydrogens (tertiary/aromatic N) is 3. The predicted molar refractivity (Wildman–Crippen MR) is 161 cm³/mol. The van der Waals surface area contributed by atoms with Crippen LogP contribution >= 0.6 is 0 Å². The lowest BCUT2D eigenvalue weighted by atomic mass is 9.77. The standard InChI is InChI=1S/C33H29N5O7/c39-27-13-21(20-5-2-1-3-6-20)14-28(40)23(27)16-35-29-11-9-19(15-34-29)18-45-33(44)36-25-8-4-7-22-24(25)17-38(32(22)43)26-10-12-30(41)37-31(26)42/h1-9,11,15-16,21,23,26H,10,12-14,17-18H2,(H,36,44)(H,37,41,42).